The van der Waals surface area contributed by atoms with Crippen LogP contribution in [0.15, 0.2) is 108 Å². The Bertz CT molecular complexity index is 1780. The highest BCUT2D eigenvalue weighted by Crippen LogP contribution is 2.40. The van der Waals surface area contributed by atoms with E-state index in [-0.39, 0.29) is 10.6 Å². The number of hydrogen-bond donors (Lipinski definition) is 0. The lowest BCUT2D eigenvalue weighted by Gasteiger charge is -2.28. The van der Waals surface area contributed by atoms with E-state index in [1.54, 1.807) is 54.6 Å². The Kier molecular flexibility index (Phi) is 8.34. The molecule has 0 spiro atoms. The molecule has 1 amide bonds. The number of anilines is 1. The van der Waals surface area contributed by atoms with Crippen molar-refractivity contribution >= 4 is 44.1 Å². The minimum absolute atomic E-state index is 0.0584. The first-order chi connectivity index (χ1) is 19.7. The van der Waals surface area contributed by atoms with E-state index in [0.717, 1.165) is 56.9 Å². The predicted molar refractivity (Wildman–Crippen MR) is 167 cm³/mol. The number of fused-ring (bicyclic) bond motifs is 1. The Morgan fingerprint density at radius 3 is 2.17 bits per heavy atom. The molecular weight excluding hydrogens is 552 g/mol. The zero-order valence-electron chi connectivity index (χ0n) is 23.4. The van der Waals surface area contributed by atoms with E-state index in [2.05, 4.69) is 11.5 Å². The highest BCUT2D eigenvalue weighted by molar-refractivity contribution is 7.93. The molecule has 1 heterocycles. The molecule has 5 rings (SSSR count). The fraction of sp³-hybridized carbons (Fsp3) is 0.206. The van der Waals surface area contributed by atoms with Crippen LogP contribution in [0.1, 0.15) is 48.1 Å². The van der Waals surface area contributed by atoms with Crippen LogP contribution in [0.25, 0.3) is 10.9 Å². The van der Waals surface area contributed by atoms with E-state index in [9.17, 15) is 13.2 Å². The van der Waals surface area contributed by atoms with Gasteiger partial charge in [-0.2, -0.15) is 0 Å². The van der Waals surface area contributed by atoms with E-state index < -0.39 is 21.8 Å². The van der Waals surface area contributed by atoms with Crippen LogP contribution in [-0.4, -0.2) is 18.9 Å². The second-order valence-electron chi connectivity index (χ2n) is 10.3. The van der Waals surface area contributed by atoms with Gasteiger partial charge in [0.05, 0.1) is 16.5 Å². The maximum absolute atomic E-state index is 15.0. The number of hydrogen-bond acceptors (Lipinski definition) is 3. The normalized spacial score (nSPS) is 12.4. The van der Waals surface area contributed by atoms with Crippen molar-refractivity contribution in [1.82, 2.24) is 4.57 Å². The van der Waals surface area contributed by atoms with E-state index in [1.807, 2.05) is 62.5 Å². The number of halogens is 1. The second-order valence-corrected chi connectivity index (χ2v) is 12.5. The number of para-hydroxylation sites is 1. The Labute approximate surface area is 247 Å². The monoisotopic (exact) mass is 584 g/mol. The summed E-state index contributed by atoms with van der Waals surface area (Å²) in [5.74, 6) is -1.42. The average Bonchev–Trinajstić information content (AvgIpc) is 3.23. The highest BCUT2D eigenvalue weighted by Gasteiger charge is 2.39. The number of aromatic nitrogens is 1. The highest BCUT2D eigenvalue weighted by atomic mass is 35.5. The second kappa shape index (κ2) is 11.9. The smallest absolute Gasteiger partial charge is 0.270 e. The number of nitrogens with zero attached hydrogens (tertiary/aromatic N) is 2. The number of carbonyl (C=O) groups excluding carboxylic acids is 1. The minimum atomic E-state index is -4.26. The molecular formula is C34H33ClN2O3S. The summed E-state index contributed by atoms with van der Waals surface area (Å²) in [4.78, 5) is 15.0. The molecule has 41 heavy (non-hydrogen) atoms. The van der Waals surface area contributed by atoms with E-state index in [4.69, 9.17) is 11.6 Å². The van der Waals surface area contributed by atoms with Gasteiger partial charge >= 0.3 is 0 Å². The Morgan fingerprint density at radius 2 is 1.54 bits per heavy atom. The number of aryl methyl sites for hydroxylation is 2. The van der Waals surface area contributed by atoms with Crippen molar-refractivity contribution < 1.29 is 13.2 Å². The van der Waals surface area contributed by atoms with E-state index >= 15 is 0 Å². The van der Waals surface area contributed by atoms with Crippen LogP contribution in [0.2, 0.25) is 5.02 Å². The largest absolute Gasteiger partial charge is 0.347 e. The first-order valence-corrected chi connectivity index (χ1v) is 15.6. The van der Waals surface area contributed by atoms with Gasteiger partial charge in [0.1, 0.15) is 0 Å². The summed E-state index contributed by atoms with van der Waals surface area (Å²) >= 11 is 6.42. The van der Waals surface area contributed by atoms with Crippen LogP contribution < -0.4 is 4.31 Å². The Morgan fingerprint density at radius 1 is 0.902 bits per heavy atom. The zero-order valence-corrected chi connectivity index (χ0v) is 25.0. The average molecular weight is 585 g/mol. The zero-order chi connectivity index (χ0) is 29.1. The molecule has 1 unspecified atom stereocenters. The van der Waals surface area contributed by atoms with E-state index in [1.165, 1.54) is 0 Å². The number of rotatable bonds is 9. The Balaban J connectivity index is 1.80. The molecule has 0 saturated carbocycles. The summed E-state index contributed by atoms with van der Waals surface area (Å²) in [6.45, 7) is 4.02. The molecule has 0 fully saturated rings. The third kappa shape index (κ3) is 5.54. The SMILES string of the molecule is CCCCc1c(C(C(=O)N(c2ccccc2)S(=O)(=O)c2ccc(C)cc2)c2ccccc2)c2ccc(Cl)cc2n1C. The summed E-state index contributed by atoms with van der Waals surface area (Å²) in [6.07, 6.45) is 2.63. The van der Waals surface area contributed by atoms with Gasteiger partial charge in [-0.05, 0) is 67.3 Å². The van der Waals surface area contributed by atoms with Gasteiger partial charge in [-0.25, -0.2) is 12.7 Å². The van der Waals surface area contributed by atoms with Crippen LogP contribution in [-0.2, 0) is 28.3 Å². The number of sulfonamides is 1. The maximum atomic E-state index is 15.0. The molecule has 0 N–H and O–H groups in total. The van der Waals surface area contributed by atoms with Crippen molar-refractivity contribution in [3.8, 4) is 0 Å². The number of benzene rings is 4. The van der Waals surface area contributed by atoms with Gasteiger partial charge in [0.25, 0.3) is 15.9 Å². The van der Waals surface area contributed by atoms with Crippen molar-refractivity contribution in [2.24, 2.45) is 7.05 Å². The first-order valence-electron chi connectivity index (χ1n) is 13.8. The molecule has 0 saturated heterocycles. The molecule has 1 atom stereocenters. The topological polar surface area (TPSA) is 59.4 Å². The Hall–Kier alpha value is -3.87. The van der Waals surface area contributed by atoms with Crippen LogP contribution >= 0.6 is 11.6 Å². The standard InChI is InChI=1S/C34H33ClN2O3S/c1-4-5-16-30-33(29-22-19-26(35)23-31(29)36(30)3)32(25-12-8-6-9-13-25)34(38)37(27-14-10-7-11-15-27)41(39,40)28-20-17-24(2)18-21-28/h6-15,17-23,32H,4-5,16H2,1-3H3. The van der Waals surface area contributed by atoms with Crippen molar-refractivity contribution in [1.29, 1.82) is 0 Å². The lowest BCUT2D eigenvalue weighted by atomic mass is 9.87. The number of amides is 1. The fourth-order valence-corrected chi connectivity index (χ4v) is 7.02. The molecule has 0 bridgehead atoms. The molecule has 5 aromatic rings. The van der Waals surface area contributed by atoms with Gasteiger partial charge < -0.3 is 4.57 Å². The molecule has 0 radical (unpaired) electrons. The van der Waals surface area contributed by atoms with Gasteiger partial charge in [-0.1, -0.05) is 97.2 Å². The quantitative estimate of drug-likeness (QED) is 0.176. The fourth-order valence-electron chi connectivity index (χ4n) is 5.42. The van der Waals surface area contributed by atoms with Gasteiger partial charge in [-0.3, -0.25) is 4.79 Å². The van der Waals surface area contributed by atoms with Crippen LogP contribution in [0.4, 0.5) is 5.69 Å². The summed E-state index contributed by atoms with van der Waals surface area (Å²) in [5, 5.41) is 1.48. The molecule has 7 heteroatoms. The molecule has 0 aliphatic carbocycles. The van der Waals surface area contributed by atoms with E-state index in [0.29, 0.717) is 5.02 Å². The molecule has 210 valence electrons. The maximum Gasteiger partial charge on any atom is 0.270 e. The van der Waals surface area contributed by atoms with Gasteiger partial charge in [-0.15, -0.1) is 0 Å². The lowest BCUT2D eigenvalue weighted by Crippen LogP contribution is -2.40. The summed E-state index contributed by atoms with van der Waals surface area (Å²) in [6, 6.07) is 30.3. The third-order valence-corrected chi connectivity index (χ3v) is 9.49. The number of unbranched alkanes of at least 4 members (excludes halogenated alkanes) is 1. The predicted octanol–water partition coefficient (Wildman–Crippen LogP) is 8.04. The first kappa shape index (κ1) is 28.7. The van der Waals surface area contributed by atoms with Crippen molar-refractivity contribution in [3.05, 3.63) is 131 Å². The molecule has 1 aromatic heterocycles. The van der Waals surface area contributed by atoms with Crippen LogP contribution in [0.3, 0.4) is 0 Å². The van der Waals surface area contributed by atoms with Gasteiger partial charge in [0.2, 0.25) is 0 Å². The summed E-state index contributed by atoms with van der Waals surface area (Å²) < 4.78 is 31.7. The van der Waals surface area contributed by atoms with Crippen molar-refractivity contribution in [2.45, 2.75) is 43.9 Å². The van der Waals surface area contributed by atoms with Crippen LogP contribution in [0, 0.1) is 6.92 Å². The molecule has 0 aliphatic heterocycles. The van der Waals surface area contributed by atoms with Gasteiger partial charge in [0.15, 0.2) is 0 Å². The van der Waals surface area contributed by atoms with Gasteiger partial charge in [0, 0.05) is 28.7 Å². The third-order valence-electron chi connectivity index (χ3n) is 7.51. The summed E-state index contributed by atoms with van der Waals surface area (Å²) in [7, 11) is -2.27. The van der Waals surface area contributed by atoms with Crippen molar-refractivity contribution in [2.75, 3.05) is 4.31 Å². The van der Waals surface area contributed by atoms with Crippen LogP contribution in [0.5, 0.6) is 0 Å². The molecule has 0 aliphatic rings. The van der Waals surface area contributed by atoms with Crippen molar-refractivity contribution in [3.63, 3.8) is 0 Å². The summed E-state index contributed by atoms with van der Waals surface area (Å²) in [5.41, 5.74) is 4.64. The molecule has 4 aromatic carbocycles. The molecule has 5 nitrogen and oxygen atoms in total. The minimum Gasteiger partial charge on any atom is -0.347 e. The lowest BCUT2D eigenvalue weighted by molar-refractivity contribution is -0.118. The number of carbonyl (C=O) groups is 1.